The number of pyridine rings is 1. The van der Waals surface area contributed by atoms with Gasteiger partial charge in [-0.15, -0.1) is 0 Å². The van der Waals surface area contributed by atoms with E-state index >= 15 is 0 Å². The first-order valence-corrected chi connectivity index (χ1v) is 3.74. The third kappa shape index (κ3) is 2.18. The van der Waals surface area contributed by atoms with Crippen molar-refractivity contribution in [3.63, 3.8) is 0 Å². The number of ether oxygens (including phenoxy) is 1. The first kappa shape index (κ1) is 10.9. The van der Waals surface area contributed by atoms with Gasteiger partial charge >= 0.3 is 7.12 Å². The number of aromatic nitrogens is 1. The van der Waals surface area contributed by atoms with E-state index in [-0.39, 0.29) is 11.3 Å². The smallest absolute Gasteiger partial charge is 0.481 e. The van der Waals surface area contributed by atoms with Crippen LogP contribution in [0.15, 0.2) is 12.3 Å². The average molecular weight is 203 g/mol. The molecular formula is C7H8BF2NO3. The molecule has 0 amide bonds. The molecule has 0 aliphatic carbocycles. The number of nitrogens with zero attached hydrogens (tertiary/aromatic N) is 1. The zero-order valence-corrected chi connectivity index (χ0v) is 7.32. The van der Waals surface area contributed by atoms with Crippen molar-refractivity contribution in [2.24, 2.45) is 0 Å². The Kier molecular flexibility index (Phi) is 3.37. The molecule has 0 aromatic carbocycles. The number of hydrogen-bond acceptors (Lipinski definition) is 4. The van der Waals surface area contributed by atoms with Gasteiger partial charge in [-0.3, -0.25) is 0 Å². The van der Waals surface area contributed by atoms with Gasteiger partial charge in [0, 0.05) is 11.7 Å². The molecule has 7 heteroatoms. The van der Waals surface area contributed by atoms with Crippen molar-refractivity contribution in [3.8, 4) is 5.88 Å². The molecule has 0 spiro atoms. The van der Waals surface area contributed by atoms with Crippen molar-refractivity contribution in [2.45, 2.75) is 6.43 Å². The van der Waals surface area contributed by atoms with Crippen LogP contribution in [0, 0.1) is 0 Å². The van der Waals surface area contributed by atoms with Gasteiger partial charge in [-0.2, -0.15) is 0 Å². The molecule has 0 radical (unpaired) electrons. The Bertz CT molecular complexity index is 322. The van der Waals surface area contributed by atoms with Gasteiger partial charge in [-0.25, -0.2) is 13.8 Å². The zero-order valence-electron chi connectivity index (χ0n) is 7.32. The molecule has 0 atom stereocenters. The summed E-state index contributed by atoms with van der Waals surface area (Å²) in [5.74, 6) is -0.218. The van der Waals surface area contributed by atoms with Gasteiger partial charge in [-0.1, -0.05) is 0 Å². The summed E-state index contributed by atoms with van der Waals surface area (Å²) in [6.07, 6.45) is -1.70. The van der Waals surface area contributed by atoms with Crippen molar-refractivity contribution in [1.29, 1.82) is 0 Å². The molecule has 0 saturated carbocycles. The molecule has 0 aliphatic heterocycles. The van der Waals surface area contributed by atoms with Gasteiger partial charge in [-0.05, 0) is 6.07 Å². The van der Waals surface area contributed by atoms with Gasteiger partial charge in [0.15, 0.2) is 0 Å². The Balaban J connectivity index is 3.14. The van der Waals surface area contributed by atoms with Crippen molar-refractivity contribution in [2.75, 3.05) is 7.11 Å². The summed E-state index contributed by atoms with van der Waals surface area (Å²) in [5, 5.41) is 17.4. The van der Waals surface area contributed by atoms with Crippen LogP contribution in [0.5, 0.6) is 5.88 Å². The molecular weight excluding hydrogens is 195 g/mol. The lowest BCUT2D eigenvalue weighted by Crippen LogP contribution is -2.30. The summed E-state index contributed by atoms with van der Waals surface area (Å²) in [7, 11) is -0.602. The van der Waals surface area contributed by atoms with Crippen LogP contribution in [0.1, 0.15) is 12.0 Å². The highest BCUT2D eigenvalue weighted by molar-refractivity contribution is 6.58. The molecule has 14 heavy (non-hydrogen) atoms. The average Bonchev–Trinajstić information content (AvgIpc) is 2.16. The summed E-state index contributed by atoms with van der Waals surface area (Å²) in [6.45, 7) is 0. The minimum atomic E-state index is -2.77. The maximum absolute atomic E-state index is 12.4. The summed E-state index contributed by atoms with van der Waals surface area (Å²) in [5.41, 5.74) is -0.556. The van der Waals surface area contributed by atoms with Gasteiger partial charge in [0.05, 0.1) is 12.7 Å². The standard InChI is InChI=1S/C7H8BF2NO3/c1-14-7-5(6(9)10)2-4(3-11-7)8(12)13/h2-3,6,12-13H,1H3. The molecule has 1 aromatic heterocycles. The predicted molar refractivity (Wildman–Crippen MR) is 45.6 cm³/mol. The zero-order chi connectivity index (χ0) is 10.7. The molecule has 76 valence electrons. The lowest BCUT2D eigenvalue weighted by atomic mass is 9.81. The van der Waals surface area contributed by atoms with Gasteiger partial charge < -0.3 is 14.8 Å². The van der Waals surface area contributed by atoms with Gasteiger partial charge in [0.25, 0.3) is 6.43 Å². The van der Waals surface area contributed by atoms with E-state index in [1.165, 1.54) is 7.11 Å². The van der Waals surface area contributed by atoms with Crippen LogP contribution in [0.4, 0.5) is 8.78 Å². The Hall–Kier alpha value is -1.21. The maximum atomic E-state index is 12.4. The van der Waals surface area contributed by atoms with E-state index in [0.717, 1.165) is 12.3 Å². The van der Waals surface area contributed by atoms with Crippen LogP contribution in [-0.2, 0) is 0 Å². The highest BCUT2D eigenvalue weighted by atomic mass is 19.3. The van der Waals surface area contributed by atoms with E-state index < -0.39 is 19.1 Å². The summed E-state index contributed by atoms with van der Waals surface area (Å²) in [4.78, 5) is 3.52. The second-order valence-electron chi connectivity index (χ2n) is 2.54. The third-order valence-electron chi connectivity index (χ3n) is 1.63. The Labute approximate surface area is 79.3 Å². The molecule has 0 aliphatic rings. The Morgan fingerprint density at radius 3 is 2.57 bits per heavy atom. The van der Waals surface area contributed by atoms with Crippen molar-refractivity contribution < 1.29 is 23.6 Å². The molecule has 0 unspecified atom stereocenters. The maximum Gasteiger partial charge on any atom is 0.490 e. The summed E-state index contributed by atoms with van der Waals surface area (Å²) < 4.78 is 29.3. The lowest BCUT2D eigenvalue weighted by molar-refractivity contribution is 0.146. The highest BCUT2D eigenvalue weighted by Crippen LogP contribution is 2.25. The molecule has 4 nitrogen and oxygen atoms in total. The second-order valence-corrected chi connectivity index (χ2v) is 2.54. The van der Waals surface area contributed by atoms with E-state index in [9.17, 15) is 8.78 Å². The summed E-state index contributed by atoms with van der Waals surface area (Å²) in [6, 6.07) is 0.946. The first-order valence-electron chi connectivity index (χ1n) is 3.74. The molecule has 0 fully saturated rings. The number of hydrogen-bond donors (Lipinski definition) is 2. The van der Waals surface area contributed by atoms with Crippen LogP contribution in [0.3, 0.4) is 0 Å². The minimum Gasteiger partial charge on any atom is -0.481 e. The van der Waals surface area contributed by atoms with E-state index in [4.69, 9.17) is 10.0 Å². The molecule has 1 aromatic rings. The quantitative estimate of drug-likeness (QED) is 0.662. The Morgan fingerprint density at radius 2 is 2.14 bits per heavy atom. The minimum absolute atomic E-state index is 0.0962. The van der Waals surface area contributed by atoms with Crippen LogP contribution in [-0.4, -0.2) is 29.3 Å². The molecule has 1 heterocycles. The molecule has 1 rings (SSSR count). The van der Waals surface area contributed by atoms with Crippen LogP contribution >= 0.6 is 0 Å². The van der Waals surface area contributed by atoms with Crippen molar-refractivity contribution in [3.05, 3.63) is 17.8 Å². The number of methoxy groups -OCH3 is 1. The van der Waals surface area contributed by atoms with Gasteiger partial charge in [0.1, 0.15) is 0 Å². The highest BCUT2D eigenvalue weighted by Gasteiger charge is 2.20. The van der Waals surface area contributed by atoms with Gasteiger partial charge in [0.2, 0.25) is 5.88 Å². The summed E-state index contributed by atoms with van der Waals surface area (Å²) >= 11 is 0. The fourth-order valence-electron chi connectivity index (χ4n) is 0.954. The first-order chi connectivity index (χ1) is 6.56. The predicted octanol–water partition coefficient (Wildman–Crippen LogP) is -0.292. The SMILES string of the molecule is COc1ncc(B(O)O)cc1C(F)F. The topological polar surface area (TPSA) is 62.6 Å². The number of alkyl halides is 2. The molecule has 2 N–H and O–H groups in total. The van der Waals surface area contributed by atoms with E-state index in [2.05, 4.69) is 9.72 Å². The largest absolute Gasteiger partial charge is 0.490 e. The normalized spacial score (nSPS) is 10.4. The lowest BCUT2D eigenvalue weighted by Gasteiger charge is -2.08. The van der Waals surface area contributed by atoms with E-state index in [1.807, 2.05) is 0 Å². The monoisotopic (exact) mass is 203 g/mol. The molecule has 0 saturated heterocycles. The number of halogens is 2. The van der Waals surface area contributed by atoms with E-state index in [0.29, 0.717) is 0 Å². The third-order valence-corrected chi connectivity index (χ3v) is 1.63. The van der Waals surface area contributed by atoms with Crippen LogP contribution in [0.25, 0.3) is 0 Å². The van der Waals surface area contributed by atoms with Crippen molar-refractivity contribution >= 4 is 12.6 Å². The van der Waals surface area contributed by atoms with Crippen LogP contribution in [0.2, 0.25) is 0 Å². The number of rotatable bonds is 3. The van der Waals surface area contributed by atoms with E-state index in [1.54, 1.807) is 0 Å². The fraction of sp³-hybridized carbons (Fsp3) is 0.286. The second kappa shape index (κ2) is 4.34. The Morgan fingerprint density at radius 1 is 1.50 bits per heavy atom. The van der Waals surface area contributed by atoms with Crippen molar-refractivity contribution in [1.82, 2.24) is 4.98 Å². The fourth-order valence-corrected chi connectivity index (χ4v) is 0.954. The van der Waals surface area contributed by atoms with Crippen LogP contribution < -0.4 is 10.2 Å². The molecule has 0 bridgehead atoms.